The van der Waals surface area contributed by atoms with E-state index in [-0.39, 0.29) is 64.4 Å². The van der Waals surface area contributed by atoms with Crippen LogP contribution < -0.4 is 38.3 Å². The molecule has 0 saturated heterocycles. The number of alkyl carbamates (subject to hydrolysis) is 1. The second-order valence-corrected chi connectivity index (χ2v) is 23.3. The molecule has 5 aromatic rings. The van der Waals surface area contributed by atoms with Gasteiger partial charge in [-0.3, -0.25) is 24.0 Å². The number of pyridine rings is 2. The van der Waals surface area contributed by atoms with Crippen LogP contribution in [-0.2, 0) is 104 Å². The lowest BCUT2D eigenvalue weighted by Gasteiger charge is -2.29. The summed E-state index contributed by atoms with van der Waals surface area (Å²) in [5.74, 6) is -2.82. The van der Waals surface area contributed by atoms with Crippen molar-refractivity contribution in [2.24, 2.45) is 11.5 Å². The van der Waals surface area contributed by atoms with Crippen molar-refractivity contribution in [1.82, 2.24) is 25.5 Å². The van der Waals surface area contributed by atoms with Crippen LogP contribution in [0.3, 0.4) is 0 Å². The number of cyclic esters (lactones) is 1. The average Bonchev–Trinajstić information content (AvgIpc) is 1.63. The minimum absolute atomic E-state index is 0.0228. The first-order chi connectivity index (χ1) is 46.3. The third kappa shape index (κ3) is 21.6. The lowest BCUT2D eigenvalue weighted by atomic mass is 9.81. The van der Waals surface area contributed by atoms with Gasteiger partial charge in [0.15, 0.2) is 0 Å². The van der Waals surface area contributed by atoms with Crippen LogP contribution in [0.15, 0.2) is 65.5 Å². The predicted molar refractivity (Wildman–Crippen MR) is 350 cm³/mol. The number of nitrogens with zero attached hydrogens (tertiary/aromatic N) is 2. The maximum Gasteiger partial charge on any atom is 0.407 e. The van der Waals surface area contributed by atoms with Gasteiger partial charge in [-0.2, -0.15) is 0 Å². The number of fused-ring (bicyclic) bond motifs is 5. The molecular formula is C69H93FN8O17. The summed E-state index contributed by atoms with van der Waals surface area (Å²) < 4.78 is 77.8. The zero-order valence-electron chi connectivity index (χ0n) is 54.9. The Balaban J connectivity index is 0.747. The van der Waals surface area contributed by atoms with E-state index >= 15 is 4.39 Å². The highest BCUT2D eigenvalue weighted by molar-refractivity contribution is 5.99. The Hall–Kier alpha value is -7.34. The number of nitrogens with two attached hydrogens (primary N) is 2. The molecule has 0 bridgehead atoms. The van der Waals surface area contributed by atoms with Gasteiger partial charge in [0, 0.05) is 42.1 Å². The lowest BCUT2D eigenvalue weighted by molar-refractivity contribution is -0.148. The first kappa shape index (κ1) is 73.5. The van der Waals surface area contributed by atoms with Crippen molar-refractivity contribution in [3.8, 4) is 11.4 Å². The molecule has 0 fully saturated rings. The minimum atomic E-state index is -1.02. The largest absolute Gasteiger partial charge is 0.460 e. The second-order valence-electron chi connectivity index (χ2n) is 23.3. The van der Waals surface area contributed by atoms with Crippen LogP contribution in [0.5, 0.6) is 0 Å². The molecule has 0 spiro atoms. The topological polar surface area (TPSA) is 322 Å². The van der Waals surface area contributed by atoms with Crippen molar-refractivity contribution >= 4 is 46.4 Å². The number of carbonyl (C=O) groups is 5. The van der Waals surface area contributed by atoms with Crippen LogP contribution in [0.2, 0.25) is 0 Å². The standard InChI is InChI=1S/C69H93FN8O17/c1-4-49-51-40-60-64-52(42-78(60)67(82)53(51)44-94-68(49)83)63-56(16-14-50-46(3)54(70)41-58(74-64)62(50)63)77-69(84)95-43-48-13-15-55(45(2)38-48)75-65(80)57(12-8-9-18-71)76-66(81)59(39-47-10-6-5-7-11-47)73-61(79)17-20-85-22-24-87-26-28-89-30-32-91-34-36-93-37-35-92-33-31-90-29-27-88-25-23-86-21-19-72/h5-7,10-11,13,15,38,40-41,49,56-57,59H,4,8-9,12,14,16-37,39,42-44,71-72H2,1-3H3,(H,73,79)(H,75,80)(H,76,81)(H,77,84)/t49-,56+,57+,59+/m1/s1. The maximum atomic E-state index is 15.5. The van der Waals surface area contributed by atoms with Crippen LogP contribution in [0.1, 0.15) is 107 Å². The first-order valence-electron chi connectivity index (χ1n) is 32.9. The fraction of sp³-hybridized carbons (Fsp3) is 0.551. The number of aromatic nitrogens is 2. The van der Waals surface area contributed by atoms with Gasteiger partial charge in [0.25, 0.3) is 5.56 Å². The number of anilines is 1. The summed E-state index contributed by atoms with van der Waals surface area (Å²) >= 11 is 0. The fourth-order valence-corrected chi connectivity index (χ4v) is 11.7. The van der Waals surface area contributed by atoms with Crippen LogP contribution in [0.4, 0.5) is 14.9 Å². The van der Waals surface area contributed by atoms with Crippen molar-refractivity contribution in [2.75, 3.05) is 137 Å². The van der Waals surface area contributed by atoms with E-state index in [9.17, 15) is 28.8 Å². The van der Waals surface area contributed by atoms with Crippen LogP contribution >= 0.6 is 0 Å². The van der Waals surface area contributed by atoms with Gasteiger partial charge in [-0.15, -0.1) is 0 Å². The normalized spacial score (nSPS) is 15.2. The average molecular weight is 1330 g/mol. The number of hydrogen-bond acceptors (Lipinski definition) is 20. The van der Waals surface area contributed by atoms with E-state index in [1.807, 2.05) is 43.3 Å². The van der Waals surface area contributed by atoms with Gasteiger partial charge >= 0.3 is 12.1 Å². The number of nitrogens with one attached hydrogen (secondary N) is 4. The van der Waals surface area contributed by atoms with E-state index in [1.54, 1.807) is 36.6 Å². The van der Waals surface area contributed by atoms with Crippen LogP contribution in [-0.4, -0.2) is 183 Å². The Morgan fingerprint density at radius 1 is 0.684 bits per heavy atom. The predicted octanol–water partition coefficient (Wildman–Crippen LogP) is 5.42. The Kier molecular flexibility index (Phi) is 30.2. The van der Waals surface area contributed by atoms with E-state index in [0.717, 1.165) is 27.6 Å². The first-order valence-corrected chi connectivity index (χ1v) is 32.9. The summed E-state index contributed by atoms with van der Waals surface area (Å²) in [7, 11) is 0. The van der Waals surface area contributed by atoms with Gasteiger partial charge in [-0.1, -0.05) is 49.4 Å². The van der Waals surface area contributed by atoms with Crippen molar-refractivity contribution in [1.29, 1.82) is 0 Å². The Morgan fingerprint density at radius 3 is 1.88 bits per heavy atom. The summed E-state index contributed by atoms with van der Waals surface area (Å²) in [5.41, 5.74) is 18.7. The van der Waals surface area contributed by atoms with Gasteiger partial charge in [-0.05, 0) is 110 Å². The van der Waals surface area contributed by atoms with Gasteiger partial charge in [0.2, 0.25) is 17.7 Å². The van der Waals surface area contributed by atoms with E-state index in [4.69, 9.17) is 68.6 Å². The molecule has 4 heterocycles. The number of amides is 4. The molecule has 2 aromatic heterocycles. The molecule has 4 amide bonds. The summed E-state index contributed by atoms with van der Waals surface area (Å²) in [6.45, 7) is 13.6. The van der Waals surface area contributed by atoms with Crippen LogP contribution in [0, 0.1) is 19.7 Å². The molecule has 8 N–H and O–H groups in total. The number of carbonyl (C=O) groups excluding carboxylic acids is 5. The van der Waals surface area contributed by atoms with Crippen molar-refractivity contribution in [2.45, 2.75) is 116 Å². The van der Waals surface area contributed by atoms with Crippen LogP contribution in [0.25, 0.3) is 22.3 Å². The van der Waals surface area contributed by atoms with E-state index in [1.165, 1.54) is 6.07 Å². The summed E-state index contributed by atoms with van der Waals surface area (Å²) in [6.07, 6.45) is 2.20. The maximum absolute atomic E-state index is 15.5. The lowest BCUT2D eigenvalue weighted by Crippen LogP contribution is -2.53. The zero-order chi connectivity index (χ0) is 67.3. The number of rotatable bonds is 44. The Bertz CT molecular complexity index is 3390. The summed E-state index contributed by atoms with van der Waals surface area (Å²) in [5, 5.41) is 12.5. The molecule has 3 aromatic carbocycles. The second kappa shape index (κ2) is 39.0. The number of esters is 1. The number of ether oxygens (including phenoxy) is 11. The van der Waals surface area contributed by atoms with Gasteiger partial charge in [0.1, 0.15) is 31.1 Å². The van der Waals surface area contributed by atoms with Gasteiger partial charge < -0.3 is 89.4 Å². The molecular weight excluding hydrogens is 1230 g/mol. The molecule has 1 aliphatic carbocycles. The van der Waals surface area contributed by atoms with Gasteiger partial charge in [-0.25, -0.2) is 14.2 Å². The molecule has 518 valence electrons. The third-order valence-electron chi connectivity index (χ3n) is 16.6. The highest BCUT2D eigenvalue weighted by Gasteiger charge is 2.38. The fourth-order valence-electron chi connectivity index (χ4n) is 11.7. The molecule has 0 radical (unpaired) electrons. The molecule has 26 heteroatoms. The molecule has 4 atom stereocenters. The summed E-state index contributed by atoms with van der Waals surface area (Å²) in [6, 6.07) is 15.1. The molecule has 3 aliphatic rings. The molecule has 8 rings (SSSR count). The van der Waals surface area contributed by atoms with Gasteiger partial charge in [0.05, 0.1) is 160 Å². The van der Waals surface area contributed by atoms with Crippen molar-refractivity contribution < 1.29 is 80.5 Å². The molecule has 25 nitrogen and oxygen atoms in total. The quantitative estimate of drug-likeness (QED) is 0.0205. The highest BCUT2D eigenvalue weighted by atomic mass is 19.1. The molecule has 2 aliphatic heterocycles. The number of benzene rings is 3. The van der Waals surface area contributed by atoms with Crippen molar-refractivity contribution in [3.05, 3.63) is 127 Å². The SMILES string of the molecule is CC[C@H]1C(=O)OCc2c1cc1n(c2=O)Cc2c-1nc1cc(F)c(C)c3c1c2[C@@H](NC(=O)OCc1ccc(NC(=O)[C@H](CCCCN)NC(=O)[C@H](Cc2ccccc2)NC(=O)CCOCCOCCOCCOCCOCCOCCOCCOCCOCCN)c(C)c1)CC3. The van der Waals surface area contributed by atoms with E-state index in [0.29, 0.717) is 195 Å². The van der Waals surface area contributed by atoms with E-state index in [2.05, 4.69) is 21.3 Å². The number of halogens is 1. The third-order valence-corrected chi connectivity index (χ3v) is 16.6. The van der Waals surface area contributed by atoms with Crippen molar-refractivity contribution in [3.63, 3.8) is 0 Å². The minimum Gasteiger partial charge on any atom is -0.460 e. The number of hydrogen-bond donors (Lipinski definition) is 6. The Labute approximate surface area is 553 Å². The monoisotopic (exact) mass is 1320 g/mol. The molecule has 0 unspecified atom stereocenters. The summed E-state index contributed by atoms with van der Waals surface area (Å²) in [4.78, 5) is 87.2. The zero-order valence-corrected chi connectivity index (χ0v) is 54.9. The molecule has 95 heavy (non-hydrogen) atoms. The smallest absolute Gasteiger partial charge is 0.407 e. The van der Waals surface area contributed by atoms with E-state index < -0.39 is 59.6 Å². The number of unbranched alkanes of at least 4 members (excludes halogenated alkanes) is 1. The highest BCUT2D eigenvalue weighted by Crippen LogP contribution is 2.45. The molecule has 0 saturated carbocycles. The Morgan fingerprint density at radius 2 is 1.29 bits per heavy atom. The number of aryl methyl sites for hydroxylation is 2.